The van der Waals surface area contributed by atoms with E-state index in [9.17, 15) is 13.6 Å². The lowest BCUT2D eigenvalue weighted by atomic mass is 9.96. The fourth-order valence-corrected chi connectivity index (χ4v) is 4.75. The smallest absolute Gasteiger partial charge is 0.254 e. The molecule has 2 aromatic carbocycles. The van der Waals surface area contributed by atoms with Crippen molar-refractivity contribution in [1.82, 2.24) is 19.3 Å². The van der Waals surface area contributed by atoms with E-state index in [4.69, 9.17) is 10.5 Å². The Hall–Kier alpha value is -4.05. The van der Waals surface area contributed by atoms with Crippen LogP contribution in [-0.2, 0) is 0 Å². The number of fused-ring (bicyclic) bond motifs is 1. The number of ether oxygens (including phenoxy) is 1. The SMILES string of the molecule is COc1ccc(-c2cnc3c(Nc4ccc(C(=O)N5CCC(CN)CC5)c(C)c4)nccn23)c(F)c1F. The lowest BCUT2D eigenvalue weighted by Crippen LogP contribution is -2.40. The Kier molecular flexibility index (Phi) is 6.75. The minimum absolute atomic E-state index is 0.0198. The molecule has 5 rings (SSSR count). The van der Waals surface area contributed by atoms with E-state index in [0.29, 0.717) is 48.3 Å². The number of benzene rings is 2. The molecule has 0 saturated carbocycles. The van der Waals surface area contributed by atoms with Gasteiger partial charge in [0.2, 0.25) is 5.82 Å². The number of hydrogen-bond donors (Lipinski definition) is 2. The van der Waals surface area contributed by atoms with E-state index in [1.807, 2.05) is 30.0 Å². The van der Waals surface area contributed by atoms with Gasteiger partial charge in [-0.15, -0.1) is 0 Å². The molecule has 1 aliphatic rings. The summed E-state index contributed by atoms with van der Waals surface area (Å²) < 4.78 is 35.6. The van der Waals surface area contributed by atoms with Gasteiger partial charge in [0.05, 0.1) is 19.0 Å². The lowest BCUT2D eigenvalue weighted by Gasteiger charge is -2.31. The molecule has 1 aliphatic heterocycles. The topological polar surface area (TPSA) is 97.8 Å². The molecule has 4 aromatic rings. The maximum atomic E-state index is 14.7. The summed E-state index contributed by atoms with van der Waals surface area (Å²) in [6, 6.07) is 8.33. The van der Waals surface area contributed by atoms with Gasteiger partial charge in [0.15, 0.2) is 23.0 Å². The van der Waals surface area contributed by atoms with Crippen molar-refractivity contribution in [3.05, 3.63) is 71.7 Å². The molecule has 1 amide bonds. The van der Waals surface area contributed by atoms with Crippen molar-refractivity contribution >= 4 is 23.1 Å². The Morgan fingerprint density at radius 2 is 1.95 bits per heavy atom. The van der Waals surface area contributed by atoms with Gasteiger partial charge in [0, 0.05) is 42.3 Å². The molecule has 2 aromatic heterocycles. The molecule has 0 atom stereocenters. The number of rotatable bonds is 6. The minimum atomic E-state index is -1.06. The molecule has 1 fully saturated rings. The van der Waals surface area contributed by atoms with Crippen LogP contribution in [0.25, 0.3) is 16.9 Å². The first-order valence-electron chi connectivity index (χ1n) is 12.1. The number of piperidine rings is 1. The lowest BCUT2D eigenvalue weighted by molar-refractivity contribution is 0.0692. The molecule has 1 saturated heterocycles. The number of nitrogens with zero attached hydrogens (tertiary/aromatic N) is 4. The number of halogens is 2. The molecule has 37 heavy (non-hydrogen) atoms. The van der Waals surface area contributed by atoms with Crippen molar-refractivity contribution in [2.24, 2.45) is 11.7 Å². The molecule has 3 N–H and O–H groups in total. The van der Waals surface area contributed by atoms with E-state index in [1.54, 1.807) is 16.8 Å². The van der Waals surface area contributed by atoms with Crippen molar-refractivity contribution in [1.29, 1.82) is 0 Å². The zero-order chi connectivity index (χ0) is 26.1. The van der Waals surface area contributed by atoms with Crippen molar-refractivity contribution in [2.75, 3.05) is 32.1 Å². The van der Waals surface area contributed by atoms with Crippen LogP contribution in [0.5, 0.6) is 5.75 Å². The van der Waals surface area contributed by atoms with Crippen LogP contribution < -0.4 is 15.8 Å². The van der Waals surface area contributed by atoms with Gasteiger partial charge in [-0.05, 0) is 68.1 Å². The first kappa shape index (κ1) is 24.6. The second-order valence-electron chi connectivity index (χ2n) is 9.18. The van der Waals surface area contributed by atoms with Gasteiger partial charge >= 0.3 is 0 Å². The van der Waals surface area contributed by atoms with E-state index >= 15 is 0 Å². The van der Waals surface area contributed by atoms with E-state index in [0.717, 1.165) is 24.1 Å². The van der Waals surface area contributed by atoms with E-state index in [-0.39, 0.29) is 17.2 Å². The summed E-state index contributed by atoms with van der Waals surface area (Å²) in [5.41, 5.74) is 8.85. The quantitative estimate of drug-likeness (QED) is 0.398. The zero-order valence-corrected chi connectivity index (χ0v) is 20.7. The van der Waals surface area contributed by atoms with Crippen LogP contribution in [0, 0.1) is 24.5 Å². The van der Waals surface area contributed by atoms with Gasteiger partial charge in [-0.3, -0.25) is 9.20 Å². The highest BCUT2D eigenvalue weighted by Gasteiger charge is 2.24. The highest BCUT2D eigenvalue weighted by atomic mass is 19.2. The number of aryl methyl sites for hydroxylation is 1. The minimum Gasteiger partial charge on any atom is -0.494 e. The molecule has 0 spiro atoms. The van der Waals surface area contributed by atoms with E-state index < -0.39 is 11.6 Å². The van der Waals surface area contributed by atoms with Crippen LogP contribution in [0.4, 0.5) is 20.3 Å². The molecule has 192 valence electrons. The van der Waals surface area contributed by atoms with E-state index in [1.165, 1.54) is 25.4 Å². The van der Waals surface area contributed by atoms with Gasteiger partial charge in [-0.2, -0.15) is 4.39 Å². The molecule has 0 radical (unpaired) electrons. The molecule has 0 bridgehead atoms. The van der Waals surface area contributed by atoms with Gasteiger partial charge < -0.3 is 20.7 Å². The van der Waals surface area contributed by atoms with Crippen LogP contribution in [-0.4, -0.2) is 51.9 Å². The predicted octanol–water partition coefficient (Wildman–Crippen LogP) is 4.55. The largest absolute Gasteiger partial charge is 0.494 e. The normalized spacial score (nSPS) is 14.2. The highest BCUT2D eigenvalue weighted by molar-refractivity contribution is 5.96. The van der Waals surface area contributed by atoms with Crippen molar-refractivity contribution in [3.63, 3.8) is 0 Å². The third kappa shape index (κ3) is 4.60. The third-order valence-corrected chi connectivity index (χ3v) is 6.93. The average molecular weight is 507 g/mol. The van der Waals surface area contributed by atoms with Gasteiger partial charge in [-0.1, -0.05) is 0 Å². The number of hydrogen-bond acceptors (Lipinski definition) is 6. The standard InChI is InChI=1S/C27H28F2N6O2/c1-16-13-18(3-4-19(16)27(36)34-10-7-17(14-30)8-11-34)33-25-26-32-15-21(35(26)12-9-31-25)20-5-6-22(37-2)24(29)23(20)28/h3-6,9,12-13,15,17H,7-8,10-11,14,30H2,1-2H3,(H,31,33). The Balaban J connectivity index is 1.39. The summed E-state index contributed by atoms with van der Waals surface area (Å²) in [4.78, 5) is 23.7. The summed E-state index contributed by atoms with van der Waals surface area (Å²) in [6.07, 6.45) is 6.50. The molecule has 0 aliphatic carbocycles. The van der Waals surface area contributed by atoms with Gasteiger partial charge in [-0.25, -0.2) is 14.4 Å². The second kappa shape index (κ2) is 10.1. The summed E-state index contributed by atoms with van der Waals surface area (Å²) in [5.74, 6) is -1.31. The maximum Gasteiger partial charge on any atom is 0.254 e. The first-order chi connectivity index (χ1) is 17.9. The summed E-state index contributed by atoms with van der Waals surface area (Å²) in [5, 5.41) is 3.23. The zero-order valence-electron chi connectivity index (χ0n) is 20.7. The van der Waals surface area contributed by atoms with Crippen LogP contribution in [0.1, 0.15) is 28.8 Å². The fourth-order valence-electron chi connectivity index (χ4n) is 4.75. The second-order valence-corrected chi connectivity index (χ2v) is 9.18. The molecular weight excluding hydrogens is 478 g/mol. The number of carbonyl (C=O) groups is 1. The third-order valence-electron chi connectivity index (χ3n) is 6.93. The highest BCUT2D eigenvalue weighted by Crippen LogP contribution is 2.32. The number of imidazole rings is 1. The Bertz CT molecular complexity index is 1460. The Labute approximate surface area is 213 Å². The van der Waals surface area contributed by atoms with Gasteiger partial charge in [0.1, 0.15) is 0 Å². The monoisotopic (exact) mass is 506 g/mol. The molecule has 3 heterocycles. The number of anilines is 2. The number of amides is 1. The molecule has 10 heteroatoms. The van der Waals surface area contributed by atoms with Crippen molar-refractivity contribution < 1.29 is 18.3 Å². The van der Waals surface area contributed by atoms with Crippen LogP contribution in [0.2, 0.25) is 0 Å². The first-order valence-corrected chi connectivity index (χ1v) is 12.1. The molecular formula is C27H28F2N6O2. The summed E-state index contributed by atoms with van der Waals surface area (Å²) in [7, 11) is 1.28. The average Bonchev–Trinajstić information content (AvgIpc) is 3.35. The van der Waals surface area contributed by atoms with Gasteiger partial charge in [0.25, 0.3) is 5.91 Å². The predicted molar refractivity (Wildman–Crippen MR) is 137 cm³/mol. The number of nitrogens with one attached hydrogen (secondary N) is 1. The number of likely N-dealkylation sites (tertiary alicyclic amines) is 1. The van der Waals surface area contributed by atoms with Crippen LogP contribution in [0.15, 0.2) is 48.9 Å². The van der Waals surface area contributed by atoms with Crippen LogP contribution >= 0.6 is 0 Å². The van der Waals surface area contributed by atoms with Crippen molar-refractivity contribution in [3.8, 4) is 17.0 Å². The summed E-state index contributed by atoms with van der Waals surface area (Å²) in [6.45, 7) is 3.99. The molecule has 0 unspecified atom stereocenters. The number of nitrogens with two attached hydrogens (primary N) is 1. The van der Waals surface area contributed by atoms with Crippen molar-refractivity contribution in [2.45, 2.75) is 19.8 Å². The Morgan fingerprint density at radius 3 is 2.65 bits per heavy atom. The number of methoxy groups -OCH3 is 1. The Morgan fingerprint density at radius 1 is 1.16 bits per heavy atom. The number of carbonyl (C=O) groups excluding carboxylic acids is 1. The van der Waals surface area contributed by atoms with E-state index in [2.05, 4.69) is 15.3 Å². The maximum absolute atomic E-state index is 14.7. The number of aromatic nitrogens is 3. The summed E-state index contributed by atoms with van der Waals surface area (Å²) >= 11 is 0. The molecule has 8 nitrogen and oxygen atoms in total. The van der Waals surface area contributed by atoms with Crippen LogP contribution in [0.3, 0.4) is 0 Å². The fraction of sp³-hybridized carbons (Fsp3) is 0.296.